The number of benzene rings is 1. The summed E-state index contributed by atoms with van der Waals surface area (Å²) in [6, 6.07) is 11.1. The van der Waals surface area contributed by atoms with E-state index < -0.39 is 0 Å². The molecule has 2 heteroatoms. The van der Waals surface area contributed by atoms with Crippen molar-refractivity contribution < 1.29 is 0 Å². The molecule has 14 heavy (non-hydrogen) atoms. The van der Waals surface area contributed by atoms with E-state index in [4.69, 9.17) is 0 Å². The van der Waals surface area contributed by atoms with Gasteiger partial charge in [0.15, 0.2) is 0 Å². The van der Waals surface area contributed by atoms with Crippen LogP contribution < -0.4 is 5.30 Å². The van der Waals surface area contributed by atoms with E-state index in [0.717, 1.165) is 5.66 Å². The second-order valence-electron chi connectivity index (χ2n) is 4.24. The first-order chi connectivity index (χ1) is 6.88. The van der Waals surface area contributed by atoms with Gasteiger partial charge in [-0.3, -0.25) is 0 Å². The average molecular weight is 204 g/mol. The van der Waals surface area contributed by atoms with E-state index >= 15 is 0 Å². The van der Waals surface area contributed by atoms with Gasteiger partial charge in [-0.1, -0.05) is 49.6 Å². The van der Waals surface area contributed by atoms with Crippen LogP contribution in [0.2, 0.25) is 0 Å². The first-order valence-corrected chi connectivity index (χ1v) is 7.51. The van der Waals surface area contributed by atoms with Gasteiger partial charge in [-0.05, 0) is 23.8 Å². The van der Waals surface area contributed by atoms with Crippen molar-refractivity contribution in [1.29, 1.82) is 0 Å². The Bertz CT molecular complexity index is 267. The van der Waals surface area contributed by atoms with Gasteiger partial charge >= 0.3 is 0 Å². The maximum atomic E-state index is 2.46. The lowest BCUT2D eigenvalue weighted by atomic mass is 10.0. The summed E-state index contributed by atoms with van der Waals surface area (Å²) in [7, 11) is 2.57. The van der Waals surface area contributed by atoms with Gasteiger partial charge in [-0.2, -0.15) is 0 Å². The molecule has 1 aromatic carbocycles. The molecule has 1 aliphatic rings. The predicted octanol–water partition coefficient (Wildman–Crippen LogP) is 2.67. The highest BCUT2D eigenvalue weighted by Gasteiger charge is 2.19. The molecule has 0 saturated heterocycles. The van der Waals surface area contributed by atoms with E-state index in [1.807, 2.05) is 0 Å². The SMILES string of the molecule is BP(c1ccccc1)C1CCCCC1. The molecular weight excluding hydrogens is 186 g/mol. The first kappa shape index (κ1) is 10.2. The highest BCUT2D eigenvalue weighted by atomic mass is 31.1. The fourth-order valence-electron chi connectivity index (χ4n) is 2.34. The molecule has 1 fully saturated rings. The molecule has 1 unspecified atom stereocenters. The quantitative estimate of drug-likeness (QED) is 0.513. The minimum Gasteiger partial charge on any atom is -0.115 e. The maximum absolute atomic E-state index is 2.46. The van der Waals surface area contributed by atoms with Crippen molar-refractivity contribution in [3.63, 3.8) is 0 Å². The third kappa shape index (κ3) is 2.39. The number of hydrogen-bond donors (Lipinski definition) is 0. The minimum absolute atomic E-state index is 0.106. The lowest BCUT2D eigenvalue weighted by Crippen LogP contribution is -2.16. The normalized spacial score (nSPS) is 20.6. The molecule has 0 radical (unpaired) electrons. The van der Waals surface area contributed by atoms with Crippen LogP contribution in [0.5, 0.6) is 0 Å². The van der Waals surface area contributed by atoms with Crippen LogP contribution in [-0.4, -0.2) is 13.2 Å². The Balaban J connectivity index is 2.03. The molecule has 1 atom stereocenters. The highest BCUT2D eigenvalue weighted by Crippen LogP contribution is 2.42. The van der Waals surface area contributed by atoms with E-state index in [1.165, 1.54) is 32.1 Å². The topological polar surface area (TPSA) is 0 Å². The van der Waals surface area contributed by atoms with E-state index in [0.29, 0.717) is 0 Å². The van der Waals surface area contributed by atoms with Crippen LogP contribution in [0.25, 0.3) is 0 Å². The van der Waals surface area contributed by atoms with Gasteiger partial charge < -0.3 is 0 Å². The summed E-state index contributed by atoms with van der Waals surface area (Å²) in [4.78, 5) is 0. The zero-order chi connectivity index (χ0) is 9.80. The van der Waals surface area contributed by atoms with Gasteiger partial charge in [0.25, 0.3) is 0 Å². The van der Waals surface area contributed by atoms with Crippen molar-refractivity contribution in [3.8, 4) is 0 Å². The second-order valence-corrected chi connectivity index (χ2v) is 6.71. The van der Waals surface area contributed by atoms with Gasteiger partial charge in [0.05, 0.1) is 0 Å². The monoisotopic (exact) mass is 204 g/mol. The van der Waals surface area contributed by atoms with Crippen LogP contribution in [0.4, 0.5) is 0 Å². The molecule has 0 N–H and O–H groups in total. The zero-order valence-electron chi connectivity index (χ0n) is 8.95. The van der Waals surface area contributed by atoms with E-state index in [2.05, 4.69) is 37.9 Å². The van der Waals surface area contributed by atoms with Crippen molar-refractivity contribution in [2.75, 3.05) is 0 Å². The Morgan fingerprint density at radius 1 is 1.00 bits per heavy atom. The van der Waals surface area contributed by atoms with Crippen LogP contribution in [0, 0.1) is 0 Å². The lowest BCUT2D eigenvalue weighted by Gasteiger charge is -2.28. The fraction of sp³-hybridized carbons (Fsp3) is 0.500. The number of hydrogen-bond acceptors (Lipinski definition) is 0. The van der Waals surface area contributed by atoms with Gasteiger partial charge in [-0.15, -0.1) is 7.80 Å². The Labute approximate surface area is 89.2 Å². The fourth-order valence-corrected chi connectivity index (χ4v) is 4.55. The largest absolute Gasteiger partial charge is 0.140 e. The molecule has 0 amide bonds. The van der Waals surface area contributed by atoms with Crippen LogP contribution in [0.1, 0.15) is 32.1 Å². The molecule has 2 rings (SSSR count). The van der Waals surface area contributed by atoms with Crippen LogP contribution in [-0.2, 0) is 0 Å². The molecular formula is C12H18BP. The van der Waals surface area contributed by atoms with Crippen LogP contribution >= 0.6 is 7.80 Å². The molecule has 0 aromatic heterocycles. The average Bonchev–Trinajstić information content (AvgIpc) is 2.30. The van der Waals surface area contributed by atoms with Crippen molar-refractivity contribution in [2.24, 2.45) is 0 Å². The predicted molar refractivity (Wildman–Crippen MR) is 68.4 cm³/mol. The summed E-state index contributed by atoms with van der Waals surface area (Å²) >= 11 is 0. The van der Waals surface area contributed by atoms with Gasteiger partial charge in [0, 0.05) is 0 Å². The summed E-state index contributed by atoms with van der Waals surface area (Å²) in [5, 5.41) is 1.59. The van der Waals surface area contributed by atoms with Gasteiger partial charge in [-0.25, -0.2) is 0 Å². The maximum Gasteiger partial charge on any atom is 0.140 e. The second kappa shape index (κ2) is 4.98. The zero-order valence-corrected chi connectivity index (χ0v) is 9.84. The van der Waals surface area contributed by atoms with Gasteiger partial charge in [0.1, 0.15) is 7.57 Å². The van der Waals surface area contributed by atoms with Gasteiger partial charge in [0.2, 0.25) is 0 Å². The molecule has 1 aliphatic carbocycles. The first-order valence-electron chi connectivity index (χ1n) is 5.66. The van der Waals surface area contributed by atoms with E-state index in [-0.39, 0.29) is 7.80 Å². The van der Waals surface area contributed by atoms with Crippen molar-refractivity contribution in [2.45, 2.75) is 37.8 Å². The Morgan fingerprint density at radius 3 is 2.29 bits per heavy atom. The Kier molecular flexibility index (Phi) is 3.64. The van der Waals surface area contributed by atoms with Crippen molar-refractivity contribution >= 4 is 20.7 Å². The molecule has 0 spiro atoms. The summed E-state index contributed by atoms with van der Waals surface area (Å²) < 4.78 is 0. The van der Waals surface area contributed by atoms with Crippen LogP contribution in [0.3, 0.4) is 0 Å². The molecule has 0 aliphatic heterocycles. The molecule has 0 heterocycles. The summed E-state index contributed by atoms with van der Waals surface area (Å²) in [5.74, 6) is 0. The van der Waals surface area contributed by atoms with E-state index in [1.54, 1.807) is 5.30 Å². The third-order valence-corrected chi connectivity index (χ3v) is 6.01. The molecule has 0 bridgehead atoms. The molecule has 1 saturated carbocycles. The van der Waals surface area contributed by atoms with Crippen molar-refractivity contribution in [1.82, 2.24) is 0 Å². The molecule has 74 valence electrons. The van der Waals surface area contributed by atoms with Crippen LogP contribution in [0.15, 0.2) is 30.3 Å². The summed E-state index contributed by atoms with van der Waals surface area (Å²) in [6.07, 6.45) is 7.33. The number of rotatable bonds is 2. The lowest BCUT2D eigenvalue weighted by molar-refractivity contribution is 0.513. The molecule has 0 nitrogen and oxygen atoms in total. The minimum atomic E-state index is 0.106. The van der Waals surface area contributed by atoms with Crippen molar-refractivity contribution in [3.05, 3.63) is 30.3 Å². The Hall–Kier alpha value is -0.285. The molecule has 1 aromatic rings. The standard InChI is InChI=1S/C12H18BP/c13-14(11-7-3-1-4-8-11)12-9-5-2-6-10-12/h1,3-4,7-8,12H,2,5-6,9-10,13H2. The summed E-state index contributed by atoms with van der Waals surface area (Å²) in [6.45, 7) is 0. The Morgan fingerprint density at radius 2 is 1.64 bits per heavy atom. The third-order valence-electron chi connectivity index (χ3n) is 3.29. The summed E-state index contributed by atoms with van der Waals surface area (Å²) in [5.41, 5.74) is 1.00. The highest BCUT2D eigenvalue weighted by molar-refractivity contribution is 7.88. The smallest absolute Gasteiger partial charge is 0.115 e. The van der Waals surface area contributed by atoms with E-state index in [9.17, 15) is 0 Å².